The Morgan fingerprint density at radius 2 is 1.48 bits per heavy atom. The summed E-state index contributed by atoms with van der Waals surface area (Å²) < 4.78 is 35.1. The third kappa shape index (κ3) is 8.68. The molecule has 1 unspecified atom stereocenters. The number of hydrogen-bond acceptors (Lipinski definition) is 5. The number of aryl methyl sites for hydroxylation is 1. The van der Waals surface area contributed by atoms with E-state index in [2.05, 4.69) is 5.32 Å². The molecular formula is C36H40ClN3O5S. The summed E-state index contributed by atoms with van der Waals surface area (Å²) in [6.45, 7) is 6.82. The zero-order valence-corrected chi connectivity index (χ0v) is 28.3. The van der Waals surface area contributed by atoms with Crippen LogP contribution in [0.1, 0.15) is 37.5 Å². The Hall–Kier alpha value is -4.34. The summed E-state index contributed by atoms with van der Waals surface area (Å²) >= 11 is 6.57. The van der Waals surface area contributed by atoms with Gasteiger partial charge in [0, 0.05) is 23.5 Å². The molecular weight excluding hydrogens is 622 g/mol. The van der Waals surface area contributed by atoms with Crippen LogP contribution in [-0.2, 0) is 32.6 Å². The van der Waals surface area contributed by atoms with E-state index < -0.39 is 34.1 Å². The number of carbonyl (C=O) groups is 2. The normalized spacial score (nSPS) is 12.2. The fourth-order valence-electron chi connectivity index (χ4n) is 5.00. The van der Waals surface area contributed by atoms with Crippen LogP contribution in [0, 0.1) is 6.92 Å². The van der Waals surface area contributed by atoms with Crippen molar-refractivity contribution >= 4 is 39.1 Å². The summed E-state index contributed by atoms with van der Waals surface area (Å²) in [5.41, 5.74) is 1.93. The number of benzene rings is 4. The topological polar surface area (TPSA) is 96.0 Å². The molecule has 4 rings (SSSR count). The number of methoxy groups -OCH3 is 1. The molecule has 0 aromatic heterocycles. The molecule has 0 aliphatic carbocycles. The zero-order chi connectivity index (χ0) is 33.5. The largest absolute Gasteiger partial charge is 0.495 e. The average molecular weight is 662 g/mol. The van der Waals surface area contributed by atoms with Gasteiger partial charge >= 0.3 is 0 Å². The number of halogens is 1. The lowest BCUT2D eigenvalue weighted by Gasteiger charge is -2.35. The van der Waals surface area contributed by atoms with E-state index in [4.69, 9.17) is 16.3 Å². The second-order valence-electron chi connectivity index (χ2n) is 12.1. The van der Waals surface area contributed by atoms with Gasteiger partial charge in [-0.25, -0.2) is 8.42 Å². The summed E-state index contributed by atoms with van der Waals surface area (Å²) in [7, 11) is -2.83. The van der Waals surface area contributed by atoms with Crippen molar-refractivity contribution in [2.75, 3.05) is 18.0 Å². The maximum Gasteiger partial charge on any atom is 0.264 e. The Labute approximate surface area is 277 Å². The summed E-state index contributed by atoms with van der Waals surface area (Å²) in [6.07, 6.45) is 0.193. The molecule has 1 N–H and O–H groups in total. The molecule has 46 heavy (non-hydrogen) atoms. The first-order valence-corrected chi connectivity index (χ1v) is 16.7. The van der Waals surface area contributed by atoms with Crippen molar-refractivity contribution in [2.24, 2.45) is 0 Å². The van der Waals surface area contributed by atoms with Crippen LogP contribution < -0.4 is 14.4 Å². The highest BCUT2D eigenvalue weighted by Gasteiger charge is 2.36. The first-order valence-electron chi connectivity index (χ1n) is 14.9. The van der Waals surface area contributed by atoms with E-state index >= 15 is 0 Å². The number of anilines is 1. The summed E-state index contributed by atoms with van der Waals surface area (Å²) in [5.74, 6) is -0.691. The number of sulfonamides is 1. The molecule has 10 heteroatoms. The minimum atomic E-state index is -4.27. The van der Waals surface area contributed by atoms with E-state index in [1.165, 1.54) is 24.1 Å². The van der Waals surface area contributed by atoms with Crippen LogP contribution in [0.15, 0.2) is 108 Å². The molecule has 0 spiro atoms. The second-order valence-corrected chi connectivity index (χ2v) is 14.3. The predicted octanol–water partition coefficient (Wildman–Crippen LogP) is 6.41. The molecule has 1 atom stereocenters. The molecule has 242 valence electrons. The molecule has 0 bridgehead atoms. The van der Waals surface area contributed by atoms with Crippen molar-refractivity contribution in [3.05, 3.63) is 125 Å². The quantitative estimate of drug-likeness (QED) is 0.189. The third-order valence-electron chi connectivity index (χ3n) is 7.31. The molecule has 0 radical (unpaired) electrons. The van der Waals surface area contributed by atoms with Crippen molar-refractivity contribution < 1.29 is 22.7 Å². The van der Waals surface area contributed by atoms with E-state index in [0.29, 0.717) is 10.6 Å². The van der Waals surface area contributed by atoms with Gasteiger partial charge in [-0.1, -0.05) is 90.0 Å². The molecule has 4 aromatic rings. The molecule has 0 aliphatic heterocycles. The number of hydrogen-bond donors (Lipinski definition) is 1. The van der Waals surface area contributed by atoms with Gasteiger partial charge in [-0.15, -0.1) is 0 Å². The van der Waals surface area contributed by atoms with Gasteiger partial charge < -0.3 is 15.0 Å². The fraction of sp³-hybridized carbons (Fsp3) is 0.278. The number of amides is 2. The van der Waals surface area contributed by atoms with Gasteiger partial charge in [0.05, 0.1) is 17.7 Å². The molecule has 0 heterocycles. The number of ether oxygens (including phenoxy) is 1. The van der Waals surface area contributed by atoms with Crippen molar-refractivity contribution in [3.8, 4) is 5.75 Å². The molecule has 0 fully saturated rings. The Kier molecular flexibility index (Phi) is 11.1. The van der Waals surface area contributed by atoms with Crippen molar-refractivity contribution in [1.29, 1.82) is 0 Å². The molecule has 0 aliphatic rings. The van der Waals surface area contributed by atoms with Crippen LogP contribution in [0.3, 0.4) is 0 Å². The average Bonchev–Trinajstić information content (AvgIpc) is 3.02. The Balaban J connectivity index is 1.85. The van der Waals surface area contributed by atoms with Crippen LogP contribution in [0.25, 0.3) is 0 Å². The summed E-state index contributed by atoms with van der Waals surface area (Å²) in [5, 5.41) is 3.44. The molecule has 2 amide bonds. The van der Waals surface area contributed by atoms with E-state index in [0.717, 1.165) is 15.4 Å². The minimum Gasteiger partial charge on any atom is -0.495 e. The smallest absolute Gasteiger partial charge is 0.264 e. The van der Waals surface area contributed by atoms with Gasteiger partial charge in [-0.05, 0) is 69.2 Å². The highest BCUT2D eigenvalue weighted by Crippen LogP contribution is 2.33. The van der Waals surface area contributed by atoms with E-state index in [9.17, 15) is 18.0 Å². The van der Waals surface area contributed by atoms with Crippen molar-refractivity contribution in [1.82, 2.24) is 10.2 Å². The predicted molar refractivity (Wildman–Crippen MR) is 183 cm³/mol. The molecule has 8 nitrogen and oxygen atoms in total. The van der Waals surface area contributed by atoms with Gasteiger partial charge in [0.25, 0.3) is 10.0 Å². The van der Waals surface area contributed by atoms with Crippen molar-refractivity contribution in [2.45, 2.75) is 57.1 Å². The lowest BCUT2D eigenvalue weighted by atomic mass is 10.0. The first kappa shape index (κ1) is 34.5. The first-order chi connectivity index (χ1) is 21.8. The van der Waals surface area contributed by atoms with Gasteiger partial charge in [-0.3, -0.25) is 13.9 Å². The fourth-order valence-corrected chi connectivity index (χ4v) is 6.62. The Morgan fingerprint density at radius 3 is 2.11 bits per heavy atom. The van der Waals surface area contributed by atoms with E-state index in [1.807, 2.05) is 58.0 Å². The molecule has 0 saturated carbocycles. The van der Waals surface area contributed by atoms with Crippen LogP contribution in [-0.4, -0.2) is 50.4 Å². The van der Waals surface area contributed by atoms with Gasteiger partial charge in [0.1, 0.15) is 18.3 Å². The van der Waals surface area contributed by atoms with E-state index in [1.54, 1.807) is 60.7 Å². The van der Waals surface area contributed by atoms with Gasteiger partial charge in [-0.2, -0.15) is 0 Å². The zero-order valence-electron chi connectivity index (χ0n) is 26.7. The Morgan fingerprint density at radius 1 is 0.870 bits per heavy atom. The lowest BCUT2D eigenvalue weighted by Crippen LogP contribution is -2.56. The van der Waals surface area contributed by atoms with Crippen LogP contribution in [0.4, 0.5) is 5.69 Å². The number of nitrogens with zero attached hydrogens (tertiary/aromatic N) is 2. The third-order valence-corrected chi connectivity index (χ3v) is 9.45. The maximum absolute atomic E-state index is 14.6. The number of carbonyl (C=O) groups excluding carboxylic acids is 2. The Bertz CT molecular complexity index is 1760. The second kappa shape index (κ2) is 14.8. The summed E-state index contributed by atoms with van der Waals surface area (Å²) in [6, 6.07) is 28.5. The highest BCUT2D eigenvalue weighted by molar-refractivity contribution is 7.92. The summed E-state index contributed by atoms with van der Waals surface area (Å²) in [4.78, 5) is 30.1. The molecule has 0 saturated heterocycles. The van der Waals surface area contributed by atoms with Crippen molar-refractivity contribution in [3.63, 3.8) is 0 Å². The molecule has 4 aromatic carbocycles. The van der Waals surface area contributed by atoms with E-state index in [-0.39, 0.29) is 35.2 Å². The number of nitrogens with one attached hydrogen (secondary N) is 1. The van der Waals surface area contributed by atoms with Gasteiger partial charge in [0.2, 0.25) is 11.8 Å². The monoisotopic (exact) mass is 661 g/mol. The highest BCUT2D eigenvalue weighted by atomic mass is 35.5. The van der Waals surface area contributed by atoms with Crippen LogP contribution in [0.2, 0.25) is 5.02 Å². The number of rotatable bonds is 12. The number of para-hydroxylation sites is 2. The van der Waals surface area contributed by atoms with Crippen LogP contribution >= 0.6 is 11.6 Å². The minimum absolute atomic E-state index is 0.0146. The standard InChI is InChI=1S/C36H40ClN3O5S/c1-26-19-21-29(22-20-26)46(43,44)40(31-17-11-12-18-33(31)45-5)25-34(41)39(24-28-15-9-10-16-30(28)37)32(35(42)38-36(2,3)4)23-27-13-7-6-8-14-27/h6-22,32H,23-25H2,1-5H3,(H,38,42). The maximum atomic E-state index is 14.6. The SMILES string of the molecule is COc1ccccc1N(CC(=O)N(Cc1ccccc1Cl)C(Cc1ccccc1)C(=O)NC(C)(C)C)S(=O)(=O)c1ccc(C)cc1. The lowest BCUT2D eigenvalue weighted by molar-refractivity contribution is -0.140. The van der Waals surface area contributed by atoms with Gasteiger partial charge in [0.15, 0.2) is 0 Å². The van der Waals surface area contributed by atoms with Crippen LogP contribution in [0.5, 0.6) is 5.75 Å².